The zero-order chi connectivity index (χ0) is 49.7. The van der Waals surface area contributed by atoms with E-state index in [9.17, 15) is 57.9 Å². The summed E-state index contributed by atoms with van der Waals surface area (Å²) in [4.78, 5) is 88.2. The van der Waals surface area contributed by atoms with Gasteiger partial charge in [-0.3, -0.25) is 32.5 Å². The van der Waals surface area contributed by atoms with Crippen LogP contribution in [0.4, 0.5) is 5.82 Å². The van der Waals surface area contributed by atoms with Gasteiger partial charge in [0.05, 0.1) is 19.5 Å². The lowest BCUT2D eigenvalue weighted by atomic mass is 9.87. The molecule has 0 saturated carbocycles. The number of rotatable bonds is 33. The third-order valence-electron chi connectivity index (χ3n) is 10.2. The van der Waals surface area contributed by atoms with Crippen LogP contribution in [0.15, 0.2) is 37.0 Å². The highest BCUT2D eigenvalue weighted by Crippen LogP contribution is 2.61. The number of allylic oxidation sites excluding steroid dienone is 3. The lowest BCUT2D eigenvalue weighted by Gasteiger charge is -2.30. The van der Waals surface area contributed by atoms with E-state index in [1.165, 1.54) is 84.1 Å². The van der Waals surface area contributed by atoms with Gasteiger partial charge < -0.3 is 50.9 Å². The summed E-state index contributed by atoms with van der Waals surface area (Å²) in [6.45, 7) is 2.71. The maximum atomic E-state index is 12.7. The topological polar surface area (TPSA) is 364 Å². The number of unbranched alkanes of at least 4 members (excludes halogenated alkanes) is 11. The first kappa shape index (κ1) is 58.4. The molecule has 0 aromatic carbocycles. The van der Waals surface area contributed by atoms with Crippen molar-refractivity contribution in [3.05, 3.63) is 37.0 Å². The fourth-order valence-electron chi connectivity index (χ4n) is 6.57. The molecular formula is C39H66N7O17P3S. The van der Waals surface area contributed by atoms with Gasteiger partial charge in [0.25, 0.3) is 0 Å². The van der Waals surface area contributed by atoms with E-state index in [-0.39, 0.29) is 41.6 Å². The predicted molar refractivity (Wildman–Crippen MR) is 246 cm³/mol. The van der Waals surface area contributed by atoms with Crippen molar-refractivity contribution in [1.82, 2.24) is 30.2 Å². The zero-order valence-corrected chi connectivity index (χ0v) is 41.4. The number of ether oxygens (including phenoxy) is 1. The number of carbonyl (C=O) groups is 3. The molecule has 2 aromatic rings. The van der Waals surface area contributed by atoms with Crippen LogP contribution in [0, 0.1) is 5.41 Å². The first-order chi connectivity index (χ1) is 31.6. The first-order valence-corrected chi connectivity index (χ1v) is 27.5. The minimum absolute atomic E-state index is 0.0311. The first-order valence-electron chi connectivity index (χ1n) is 21.9. The predicted octanol–water partition coefficient (Wildman–Crippen LogP) is 4.48. The number of thioether (sulfide) groups is 1. The SMILES string of the molecule is CCCCCCCCCCCCC/C=C/C=C/C(=O)SCCNC(=O)CCNC(=O)C(O)C(C)(C)COP(=O)(O)OP(=O)(O)OCC1OC(n2cnc3c(N)ncnc32)C(O)C1OP(=O)(O)O. The Bertz CT molecular complexity index is 2090. The average molecular weight is 1030 g/mol. The summed E-state index contributed by atoms with van der Waals surface area (Å²) in [5, 5.41) is 26.4. The van der Waals surface area contributed by atoms with E-state index in [4.69, 9.17) is 19.5 Å². The van der Waals surface area contributed by atoms with Gasteiger partial charge in [-0.25, -0.2) is 28.6 Å². The van der Waals surface area contributed by atoms with Gasteiger partial charge >= 0.3 is 23.5 Å². The van der Waals surface area contributed by atoms with Crippen LogP contribution in [0.2, 0.25) is 0 Å². The number of imidazole rings is 1. The van der Waals surface area contributed by atoms with Crippen molar-refractivity contribution in [1.29, 1.82) is 0 Å². The molecule has 1 aliphatic rings. The average Bonchev–Trinajstić information content (AvgIpc) is 3.81. The Balaban J connectivity index is 1.32. The normalized spacial score (nSPS) is 20.3. The Morgan fingerprint density at radius 1 is 0.925 bits per heavy atom. The Kier molecular flexibility index (Phi) is 24.9. The second-order valence-corrected chi connectivity index (χ2v) is 21.7. The molecule has 7 atom stereocenters. The molecule has 7 unspecified atom stereocenters. The Labute approximate surface area is 393 Å². The number of anilines is 1. The molecule has 2 aromatic heterocycles. The van der Waals surface area contributed by atoms with E-state index in [2.05, 4.69) is 41.3 Å². The lowest BCUT2D eigenvalue weighted by Crippen LogP contribution is -2.46. The minimum atomic E-state index is -5.58. The number of nitrogens with one attached hydrogen (secondary N) is 2. The third kappa shape index (κ3) is 21.7. The summed E-state index contributed by atoms with van der Waals surface area (Å²) in [6.07, 6.45) is 15.2. The van der Waals surface area contributed by atoms with Crippen molar-refractivity contribution in [2.24, 2.45) is 5.41 Å². The van der Waals surface area contributed by atoms with E-state index in [1.807, 2.05) is 12.2 Å². The molecule has 0 bridgehead atoms. The Morgan fingerprint density at radius 2 is 1.57 bits per heavy atom. The number of carbonyl (C=O) groups excluding carboxylic acids is 3. The number of hydrogen-bond donors (Lipinski definition) is 9. The largest absolute Gasteiger partial charge is 0.481 e. The molecule has 67 heavy (non-hydrogen) atoms. The second-order valence-electron chi connectivity index (χ2n) is 16.3. The zero-order valence-electron chi connectivity index (χ0n) is 37.9. The van der Waals surface area contributed by atoms with Crippen molar-refractivity contribution in [3.63, 3.8) is 0 Å². The molecule has 0 aliphatic carbocycles. The van der Waals surface area contributed by atoms with Gasteiger partial charge in [-0.1, -0.05) is 115 Å². The number of hydrogen-bond acceptors (Lipinski definition) is 18. The van der Waals surface area contributed by atoms with Crippen molar-refractivity contribution in [3.8, 4) is 0 Å². The Hall–Kier alpha value is -2.96. The molecular weight excluding hydrogens is 963 g/mol. The Morgan fingerprint density at radius 3 is 2.22 bits per heavy atom. The van der Waals surface area contributed by atoms with Crippen LogP contribution in [0.25, 0.3) is 11.2 Å². The van der Waals surface area contributed by atoms with E-state index < -0.39 is 84.6 Å². The summed E-state index contributed by atoms with van der Waals surface area (Å²) in [5.74, 6) is -1.14. The summed E-state index contributed by atoms with van der Waals surface area (Å²) in [6, 6.07) is 0. The minimum Gasteiger partial charge on any atom is -0.386 e. The number of aliphatic hydroxyl groups is 2. The number of nitrogens with zero attached hydrogens (tertiary/aromatic N) is 4. The fourth-order valence-corrected chi connectivity index (χ4v) is 9.97. The van der Waals surface area contributed by atoms with Gasteiger partial charge in [0.1, 0.15) is 36.3 Å². The van der Waals surface area contributed by atoms with Gasteiger partial charge in [0.15, 0.2) is 17.7 Å². The van der Waals surface area contributed by atoms with Crippen LogP contribution >= 0.6 is 35.2 Å². The van der Waals surface area contributed by atoms with Gasteiger partial charge in [0, 0.05) is 30.7 Å². The van der Waals surface area contributed by atoms with Crippen molar-refractivity contribution >= 4 is 69.1 Å². The number of fused-ring (bicyclic) bond motifs is 1. The molecule has 380 valence electrons. The molecule has 2 amide bonds. The number of amides is 2. The van der Waals surface area contributed by atoms with Crippen LogP contribution in [0.1, 0.15) is 110 Å². The van der Waals surface area contributed by atoms with E-state index in [0.29, 0.717) is 5.75 Å². The molecule has 1 fully saturated rings. The standard InChI is InChI=1S/C39H66N7O17P3S/c1-4-5-6-7-8-9-10-11-12-13-14-15-16-17-18-19-30(48)67-23-22-41-29(47)20-21-42-37(51)34(50)39(2,3)25-60-66(57,58)63-65(55,56)59-24-28-33(62-64(52,53)54)32(49)38(61-28)46-27-45-31-35(40)43-26-44-36(31)46/h16-19,26-28,32-34,38,49-50H,4-15,20-25H2,1-3H3,(H,41,47)(H,42,51)(H,55,56)(H,57,58)(H2,40,43,44)(H2,52,53,54)/b17-16+,19-18+. The molecule has 1 aliphatic heterocycles. The molecule has 3 heterocycles. The highest BCUT2D eigenvalue weighted by Gasteiger charge is 2.50. The summed E-state index contributed by atoms with van der Waals surface area (Å²) < 4.78 is 62.4. The van der Waals surface area contributed by atoms with Gasteiger partial charge in [-0.2, -0.15) is 4.31 Å². The third-order valence-corrected chi connectivity index (χ3v) is 14.1. The monoisotopic (exact) mass is 1030 g/mol. The molecule has 24 nitrogen and oxygen atoms in total. The number of phosphoric ester groups is 3. The summed E-state index contributed by atoms with van der Waals surface area (Å²) in [5.41, 5.74) is 4.27. The van der Waals surface area contributed by atoms with Gasteiger partial charge in [-0.05, 0) is 18.9 Å². The number of aliphatic hydroxyl groups excluding tert-OH is 2. The molecule has 10 N–H and O–H groups in total. The molecule has 3 rings (SSSR count). The number of phosphoric acid groups is 3. The van der Waals surface area contributed by atoms with Crippen molar-refractivity contribution in [2.75, 3.05) is 37.8 Å². The summed E-state index contributed by atoms with van der Waals surface area (Å²) in [7, 11) is -16.4. The quantitative estimate of drug-likeness (QED) is 0.0206. The lowest BCUT2D eigenvalue weighted by molar-refractivity contribution is -0.137. The van der Waals surface area contributed by atoms with Crippen LogP contribution in [-0.4, -0.2) is 123 Å². The van der Waals surface area contributed by atoms with Crippen LogP contribution in [-0.2, 0) is 50.7 Å². The van der Waals surface area contributed by atoms with Crippen LogP contribution in [0.3, 0.4) is 0 Å². The van der Waals surface area contributed by atoms with E-state index in [0.717, 1.165) is 41.8 Å². The smallest absolute Gasteiger partial charge is 0.386 e. The highest BCUT2D eigenvalue weighted by atomic mass is 32.2. The molecule has 0 spiro atoms. The maximum absolute atomic E-state index is 12.7. The molecule has 1 saturated heterocycles. The molecule has 0 radical (unpaired) electrons. The summed E-state index contributed by atoms with van der Waals surface area (Å²) >= 11 is 1.04. The molecule has 28 heteroatoms. The van der Waals surface area contributed by atoms with Crippen molar-refractivity contribution < 1.29 is 80.5 Å². The number of nitrogens with two attached hydrogens (primary N) is 1. The number of aromatic nitrogens is 4. The second kappa shape index (κ2) is 28.6. The van der Waals surface area contributed by atoms with Crippen LogP contribution in [0.5, 0.6) is 0 Å². The van der Waals surface area contributed by atoms with Gasteiger partial charge in [-0.15, -0.1) is 0 Å². The maximum Gasteiger partial charge on any atom is 0.481 e. The van der Waals surface area contributed by atoms with Gasteiger partial charge in [0.2, 0.25) is 16.9 Å². The number of nitrogen functional groups attached to an aromatic ring is 1. The highest BCUT2D eigenvalue weighted by molar-refractivity contribution is 8.14. The van der Waals surface area contributed by atoms with Crippen molar-refractivity contribution in [2.45, 2.75) is 135 Å². The van der Waals surface area contributed by atoms with Crippen LogP contribution < -0.4 is 16.4 Å². The fraction of sp³-hybridized carbons (Fsp3) is 0.692. The van der Waals surface area contributed by atoms with E-state index in [1.54, 1.807) is 6.08 Å². The van der Waals surface area contributed by atoms with E-state index >= 15 is 0 Å².